The number of hydrogen-bond acceptors (Lipinski definition) is 8. The normalized spacial score (nSPS) is 13.8. The molecule has 3 aromatic rings. The standard InChI is InChI=1S/C23H29N5O5/c1-30-18-13-20(32-3)19(31-2)12-17(18)14-27-8-5-22-26-25-21(28(22)10-9-27)4-7-24-23(29)16-6-11-33-15-16/h6,11-13,15H,4-5,7-10,14H2,1-3H3,(H,24,29). The van der Waals surface area contributed by atoms with Gasteiger partial charge in [-0.05, 0) is 12.1 Å². The number of nitrogens with one attached hydrogen (secondary N) is 1. The highest BCUT2D eigenvalue weighted by atomic mass is 16.5. The fourth-order valence-corrected chi connectivity index (χ4v) is 4.01. The Morgan fingerprint density at radius 2 is 1.85 bits per heavy atom. The molecular weight excluding hydrogens is 426 g/mol. The minimum absolute atomic E-state index is 0.158. The van der Waals surface area contributed by atoms with Crippen LogP contribution in [0.3, 0.4) is 0 Å². The van der Waals surface area contributed by atoms with Crippen molar-refractivity contribution in [3.63, 3.8) is 0 Å². The fourth-order valence-electron chi connectivity index (χ4n) is 4.01. The second-order valence-corrected chi connectivity index (χ2v) is 7.75. The number of carbonyl (C=O) groups is 1. The Morgan fingerprint density at radius 3 is 2.58 bits per heavy atom. The number of hydrogen-bond donors (Lipinski definition) is 1. The van der Waals surface area contributed by atoms with Gasteiger partial charge in [-0.15, -0.1) is 10.2 Å². The van der Waals surface area contributed by atoms with Gasteiger partial charge in [-0.2, -0.15) is 0 Å². The maximum atomic E-state index is 12.1. The number of nitrogens with zero attached hydrogens (tertiary/aromatic N) is 4. The number of carbonyl (C=O) groups excluding carboxylic acids is 1. The predicted octanol–water partition coefficient (Wildman–Crippen LogP) is 1.93. The summed E-state index contributed by atoms with van der Waals surface area (Å²) in [5, 5.41) is 11.6. The number of ether oxygens (including phenoxy) is 3. The maximum absolute atomic E-state index is 12.1. The zero-order valence-electron chi connectivity index (χ0n) is 19.2. The first kappa shape index (κ1) is 22.7. The van der Waals surface area contributed by atoms with Gasteiger partial charge in [0.05, 0.1) is 33.2 Å². The first-order valence-corrected chi connectivity index (χ1v) is 10.9. The van der Waals surface area contributed by atoms with Gasteiger partial charge in [0.1, 0.15) is 23.7 Å². The molecule has 1 aliphatic rings. The van der Waals surface area contributed by atoms with Crippen molar-refractivity contribution >= 4 is 5.91 Å². The van der Waals surface area contributed by atoms with Crippen LogP contribution < -0.4 is 19.5 Å². The van der Waals surface area contributed by atoms with Gasteiger partial charge in [-0.1, -0.05) is 0 Å². The molecule has 1 N–H and O–H groups in total. The lowest BCUT2D eigenvalue weighted by atomic mass is 10.1. The molecule has 1 aromatic carbocycles. The van der Waals surface area contributed by atoms with Gasteiger partial charge in [0.25, 0.3) is 5.91 Å². The largest absolute Gasteiger partial charge is 0.496 e. The van der Waals surface area contributed by atoms with Crippen molar-refractivity contribution < 1.29 is 23.4 Å². The monoisotopic (exact) mass is 455 g/mol. The number of fused-ring (bicyclic) bond motifs is 1. The fraction of sp³-hybridized carbons (Fsp3) is 0.435. The van der Waals surface area contributed by atoms with E-state index in [-0.39, 0.29) is 5.91 Å². The third-order valence-corrected chi connectivity index (χ3v) is 5.79. The highest BCUT2D eigenvalue weighted by molar-refractivity contribution is 5.93. The van der Waals surface area contributed by atoms with Crippen LogP contribution in [0.2, 0.25) is 0 Å². The lowest BCUT2D eigenvalue weighted by Crippen LogP contribution is -2.28. The van der Waals surface area contributed by atoms with Gasteiger partial charge in [-0.25, -0.2) is 0 Å². The van der Waals surface area contributed by atoms with E-state index in [0.29, 0.717) is 30.0 Å². The minimum atomic E-state index is -0.158. The SMILES string of the molecule is COc1cc(OC)c(OC)cc1CN1CCc2nnc(CCNC(=O)c3ccoc3)n2CC1. The topological polar surface area (TPSA) is 104 Å². The Kier molecular flexibility index (Phi) is 7.13. The van der Waals surface area contributed by atoms with Crippen molar-refractivity contribution in [3.05, 3.63) is 53.5 Å². The second-order valence-electron chi connectivity index (χ2n) is 7.75. The summed E-state index contributed by atoms with van der Waals surface area (Å²) in [6.07, 6.45) is 4.32. The molecule has 0 fully saturated rings. The van der Waals surface area contributed by atoms with E-state index in [1.54, 1.807) is 27.4 Å². The summed E-state index contributed by atoms with van der Waals surface area (Å²) in [4.78, 5) is 14.4. The molecule has 0 spiro atoms. The number of amides is 1. The summed E-state index contributed by atoms with van der Waals surface area (Å²) in [5.74, 6) is 3.78. The van der Waals surface area contributed by atoms with E-state index in [0.717, 1.165) is 55.6 Å². The van der Waals surface area contributed by atoms with E-state index in [2.05, 4.69) is 25.0 Å². The van der Waals surface area contributed by atoms with Crippen LogP contribution in [0.5, 0.6) is 17.2 Å². The summed E-state index contributed by atoms with van der Waals surface area (Å²) in [7, 11) is 4.90. The molecule has 10 heteroatoms. The summed E-state index contributed by atoms with van der Waals surface area (Å²) < 4.78 is 23.6. The van der Waals surface area contributed by atoms with Crippen LogP contribution in [-0.4, -0.2) is 66.5 Å². The molecule has 1 amide bonds. The van der Waals surface area contributed by atoms with Crippen molar-refractivity contribution in [2.45, 2.75) is 25.9 Å². The summed E-state index contributed by atoms with van der Waals surface area (Å²) >= 11 is 0. The van der Waals surface area contributed by atoms with E-state index in [1.165, 1.54) is 12.5 Å². The predicted molar refractivity (Wildman–Crippen MR) is 120 cm³/mol. The van der Waals surface area contributed by atoms with Crippen LogP contribution >= 0.6 is 0 Å². The van der Waals surface area contributed by atoms with Crippen LogP contribution in [-0.2, 0) is 25.9 Å². The number of methoxy groups -OCH3 is 3. The molecule has 10 nitrogen and oxygen atoms in total. The van der Waals surface area contributed by atoms with Gasteiger partial charge < -0.3 is 28.5 Å². The Bertz CT molecular complexity index is 1080. The van der Waals surface area contributed by atoms with Gasteiger partial charge in [0.15, 0.2) is 11.5 Å². The van der Waals surface area contributed by atoms with E-state index >= 15 is 0 Å². The number of benzene rings is 1. The number of rotatable bonds is 9. The van der Waals surface area contributed by atoms with Crippen molar-refractivity contribution in [1.82, 2.24) is 25.0 Å². The molecule has 0 saturated heterocycles. The van der Waals surface area contributed by atoms with E-state index < -0.39 is 0 Å². The van der Waals surface area contributed by atoms with Crippen LogP contribution in [0.1, 0.15) is 27.6 Å². The molecular formula is C23H29N5O5. The highest BCUT2D eigenvalue weighted by Gasteiger charge is 2.21. The zero-order chi connectivity index (χ0) is 23.2. The highest BCUT2D eigenvalue weighted by Crippen LogP contribution is 2.35. The van der Waals surface area contributed by atoms with Crippen molar-refractivity contribution in [1.29, 1.82) is 0 Å². The zero-order valence-corrected chi connectivity index (χ0v) is 19.2. The molecule has 0 aliphatic carbocycles. The third kappa shape index (κ3) is 5.11. The Balaban J connectivity index is 1.37. The lowest BCUT2D eigenvalue weighted by Gasteiger charge is -2.22. The van der Waals surface area contributed by atoms with Crippen LogP contribution in [0.25, 0.3) is 0 Å². The number of furan rings is 1. The average molecular weight is 456 g/mol. The molecule has 0 radical (unpaired) electrons. The average Bonchev–Trinajstić information content (AvgIpc) is 3.46. The van der Waals surface area contributed by atoms with Gasteiger partial charge in [-0.3, -0.25) is 9.69 Å². The smallest absolute Gasteiger partial charge is 0.254 e. The van der Waals surface area contributed by atoms with Crippen LogP contribution in [0.15, 0.2) is 35.1 Å². The second kappa shape index (κ2) is 10.4. The van der Waals surface area contributed by atoms with Crippen molar-refractivity contribution in [3.8, 4) is 17.2 Å². The quantitative estimate of drug-likeness (QED) is 0.522. The molecule has 1 aliphatic heterocycles. The van der Waals surface area contributed by atoms with Gasteiger partial charge in [0, 0.05) is 57.2 Å². The Labute approximate surface area is 192 Å². The summed E-state index contributed by atoms with van der Waals surface area (Å²) in [6.45, 7) is 3.68. The third-order valence-electron chi connectivity index (χ3n) is 5.79. The number of aromatic nitrogens is 3. The molecule has 4 rings (SSSR count). The Hall–Kier alpha value is -3.53. The van der Waals surface area contributed by atoms with Crippen LogP contribution in [0.4, 0.5) is 0 Å². The van der Waals surface area contributed by atoms with Crippen molar-refractivity contribution in [2.24, 2.45) is 0 Å². The van der Waals surface area contributed by atoms with E-state index in [9.17, 15) is 4.79 Å². The molecule has 0 saturated carbocycles. The van der Waals surface area contributed by atoms with E-state index in [1.807, 2.05) is 12.1 Å². The minimum Gasteiger partial charge on any atom is -0.496 e. The molecule has 0 atom stereocenters. The lowest BCUT2D eigenvalue weighted by molar-refractivity contribution is 0.0953. The summed E-state index contributed by atoms with van der Waals surface area (Å²) in [5.41, 5.74) is 1.55. The van der Waals surface area contributed by atoms with Gasteiger partial charge in [0.2, 0.25) is 0 Å². The molecule has 3 heterocycles. The first-order valence-electron chi connectivity index (χ1n) is 10.9. The first-order chi connectivity index (χ1) is 16.1. The van der Waals surface area contributed by atoms with Gasteiger partial charge >= 0.3 is 0 Å². The van der Waals surface area contributed by atoms with E-state index in [4.69, 9.17) is 18.6 Å². The molecule has 33 heavy (non-hydrogen) atoms. The molecule has 2 aromatic heterocycles. The maximum Gasteiger partial charge on any atom is 0.254 e. The molecule has 0 bridgehead atoms. The molecule has 0 unspecified atom stereocenters. The van der Waals surface area contributed by atoms with Crippen LogP contribution in [0, 0.1) is 0 Å². The summed E-state index contributed by atoms with van der Waals surface area (Å²) in [6, 6.07) is 5.47. The van der Waals surface area contributed by atoms with Crippen molar-refractivity contribution in [2.75, 3.05) is 41.0 Å². The molecule has 176 valence electrons. The Morgan fingerprint density at radius 1 is 1.06 bits per heavy atom.